The van der Waals surface area contributed by atoms with E-state index in [-0.39, 0.29) is 25.2 Å². The van der Waals surface area contributed by atoms with E-state index in [0.29, 0.717) is 25.5 Å². The molecule has 1 unspecified atom stereocenters. The number of carbonyl (C=O) groups is 2. The summed E-state index contributed by atoms with van der Waals surface area (Å²) in [6, 6.07) is 7.67. The number of aromatic nitrogens is 4. The highest BCUT2D eigenvalue weighted by atomic mass is 16.5. The quantitative estimate of drug-likeness (QED) is 0.714. The summed E-state index contributed by atoms with van der Waals surface area (Å²) < 4.78 is 10.4. The van der Waals surface area contributed by atoms with Crippen LogP contribution in [0.1, 0.15) is 12.5 Å². The van der Waals surface area contributed by atoms with Crippen LogP contribution in [0.3, 0.4) is 0 Å². The summed E-state index contributed by atoms with van der Waals surface area (Å²) in [6.45, 7) is 4.88. The van der Waals surface area contributed by atoms with Gasteiger partial charge in [0.05, 0.1) is 12.7 Å². The first kappa shape index (κ1) is 18.0. The van der Waals surface area contributed by atoms with Crippen molar-refractivity contribution < 1.29 is 19.1 Å². The number of carbonyl (C=O) groups excluding carboxylic acids is 2. The van der Waals surface area contributed by atoms with E-state index in [2.05, 4.69) is 15.4 Å². The first-order valence-corrected chi connectivity index (χ1v) is 8.41. The molecule has 1 saturated heterocycles. The van der Waals surface area contributed by atoms with E-state index in [9.17, 15) is 9.59 Å². The molecule has 2 heterocycles. The van der Waals surface area contributed by atoms with Crippen LogP contribution in [0.25, 0.3) is 11.4 Å². The number of morpholine rings is 1. The number of benzene rings is 1. The molecule has 0 spiro atoms. The summed E-state index contributed by atoms with van der Waals surface area (Å²) in [6.07, 6.45) is -0.0112. The van der Waals surface area contributed by atoms with Gasteiger partial charge in [-0.15, -0.1) is 10.2 Å². The maximum atomic E-state index is 12.1. The summed E-state index contributed by atoms with van der Waals surface area (Å²) in [7, 11) is 0. The van der Waals surface area contributed by atoms with Gasteiger partial charge in [0, 0.05) is 18.7 Å². The first-order valence-electron chi connectivity index (χ1n) is 8.41. The Bertz CT molecular complexity index is 774. The number of rotatable bonds is 5. The molecule has 0 N–H and O–H groups in total. The molecule has 9 heteroatoms. The number of amides is 1. The van der Waals surface area contributed by atoms with Crippen LogP contribution in [0.4, 0.5) is 0 Å². The Kier molecular flexibility index (Phi) is 5.57. The van der Waals surface area contributed by atoms with Crippen molar-refractivity contribution >= 4 is 11.9 Å². The second-order valence-corrected chi connectivity index (χ2v) is 6.19. The van der Waals surface area contributed by atoms with Gasteiger partial charge < -0.3 is 14.4 Å². The number of hydrogen-bond donors (Lipinski definition) is 0. The third-order valence-electron chi connectivity index (χ3n) is 3.98. The third-order valence-corrected chi connectivity index (χ3v) is 3.98. The summed E-state index contributed by atoms with van der Waals surface area (Å²) in [5.74, 6) is -0.399. The Morgan fingerprint density at radius 1 is 1.31 bits per heavy atom. The lowest BCUT2D eigenvalue weighted by atomic mass is 10.1. The van der Waals surface area contributed by atoms with Crippen molar-refractivity contribution in [2.24, 2.45) is 0 Å². The molecule has 0 bridgehead atoms. The molecule has 1 aliphatic rings. The fourth-order valence-corrected chi connectivity index (χ4v) is 2.57. The topological polar surface area (TPSA) is 99.4 Å². The summed E-state index contributed by atoms with van der Waals surface area (Å²) >= 11 is 0. The molecular weight excluding hydrogens is 338 g/mol. The molecule has 2 aromatic rings. The fraction of sp³-hybridized carbons (Fsp3) is 0.471. The maximum Gasteiger partial charge on any atom is 0.330 e. The molecule has 3 rings (SSSR count). The van der Waals surface area contributed by atoms with Crippen LogP contribution in [0, 0.1) is 6.92 Å². The largest absolute Gasteiger partial charge is 0.454 e. The molecule has 1 atom stereocenters. The van der Waals surface area contributed by atoms with Gasteiger partial charge in [0.1, 0.15) is 0 Å². The third kappa shape index (κ3) is 4.63. The SMILES string of the molecule is Cc1ccc(-c2nnn(CC(=O)OCC(=O)N3CCOC(C)C3)n2)cc1. The number of hydrogen-bond acceptors (Lipinski definition) is 7. The molecule has 1 aromatic heterocycles. The van der Waals surface area contributed by atoms with Crippen LogP contribution >= 0.6 is 0 Å². The number of nitrogens with zero attached hydrogens (tertiary/aromatic N) is 5. The Labute approximate surface area is 150 Å². The standard InChI is InChI=1S/C17H21N5O4/c1-12-3-5-14(6-4-12)17-18-20-22(19-17)10-16(24)26-11-15(23)21-7-8-25-13(2)9-21/h3-6,13H,7-11H2,1-2H3. The molecule has 1 aromatic carbocycles. The monoisotopic (exact) mass is 359 g/mol. The zero-order valence-electron chi connectivity index (χ0n) is 14.8. The molecule has 0 saturated carbocycles. The Balaban J connectivity index is 1.49. The summed E-state index contributed by atoms with van der Waals surface area (Å²) in [4.78, 5) is 26.7. The van der Waals surface area contributed by atoms with Crippen LogP contribution in [-0.2, 0) is 25.6 Å². The molecular formula is C17H21N5O4. The van der Waals surface area contributed by atoms with Gasteiger partial charge in [-0.3, -0.25) is 4.79 Å². The molecule has 9 nitrogen and oxygen atoms in total. The second kappa shape index (κ2) is 8.05. The number of esters is 1. The van der Waals surface area contributed by atoms with Gasteiger partial charge in [-0.25, -0.2) is 4.79 Å². The second-order valence-electron chi connectivity index (χ2n) is 6.19. The molecule has 0 aliphatic carbocycles. The van der Waals surface area contributed by atoms with E-state index in [1.54, 1.807) is 4.90 Å². The molecule has 26 heavy (non-hydrogen) atoms. The molecule has 0 radical (unpaired) electrons. The first-order chi connectivity index (χ1) is 12.5. The smallest absolute Gasteiger partial charge is 0.330 e. The summed E-state index contributed by atoms with van der Waals surface area (Å²) in [5.41, 5.74) is 1.94. The van der Waals surface area contributed by atoms with Crippen molar-refractivity contribution in [2.45, 2.75) is 26.5 Å². The van der Waals surface area contributed by atoms with Crippen molar-refractivity contribution in [3.05, 3.63) is 29.8 Å². The summed E-state index contributed by atoms with van der Waals surface area (Å²) in [5, 5.41) is 11.9. The Hall–Kier alpha value is -2.81. The normalized spacial score (nSPS) is 17.2. The fourth-order valence-electron chi connectivity index (χ4n) is 2.57. The van der Waals surface area contributed by atoms with Crippen molar-refractivity contribution in [3.63, 3.8) is 0 Å². The zero-order chi connectivity index (χ0) is 18.5. The van der Waals surface area contributed by atoms with Crippen molar-refractivity contribution in [1.29, 1.82) is 0 Å². The van der Waals surface area contributed by atoms with Crippen molar-refractivity contribution in [3.8, 4) is 11.4 Å². The predicted molar refractivity (Wildman–Crippen MR) is 90.9 cm³/mol. The van der Waals surface area contributed by atoms with Crippen LogP contribution in [0.15, 0.2) is 24.3 Å². The number of tetrazole rings is 1. The highest BCUT2D eigenvalue weighted by Gasteiger charge is 2.22. The van der Waals surface area contributed by atoms with Crippen LogP contribution < -0.4 is 0 Å². The molecule has 1 fully saturated rings. The van der Waals surface area contributed by atoms with Gasteiger partial charge in [-0.05, 0) is 19.1 Å². The van der Waals surface area contributed by atoms with E-state index in [1.165, 1.54) is 0 Å². The van der Waals surface area contributed by atoms with E-state index < -0.39 is 5.97 Å². The van der Waals surface area contributed by atoms with E-state index >= 15 is 0 Å². The van der Waals surface area contributed by atoms with Gasteiger partial charge in [-0.2, -0.15) is 4.80 Å². The molecule has 1 aliphatic heterocycles. The van der Waals surface area contributed by atoms with E-state index in [1.807, 2.05) is 38.1 Å². The molecule has 1 amide bonds. The highest BCUT2D eigenvalue weighted by Crippen LogP contribution is 2.13. The lowest BCUT2D eigenvalue weighted by molar-refractivity contribution is -0.155. The average molecular weight is 359 g/mol. The minimum atomic E-state index is -0.590. The van der Waals surface area contributed by atoms with Gasteiger partial charge in [0.2, 0.25) is 5.82 Å². The zero-order valence-corrected chi connectivity index (χ0v) is 14.8. The minimum Gasteiger partial charge on any atom is -0.454 e. The van der Waals surface area contributed by atoms with Crippen LogP contribution in [-0.4, -0.2) is 69.4 Å². The van der Waals surface area contributed by atoms with Crippen LogP contribution in [0.5, 0.6) is 0 Å². The number of aryl methyl sites for hydroxylation is 1. The Morgan fingerprint density at radius 2 is 2.08 bits per heavy atom. The minimum absolute atomic E-state index is 0.0112. The van der Waals surface area contributed by atoms with E-state index in [0.717, 1.165) is 15.9 Å². The lowest BCUT2D eigenvalue weighted by Gasteiger charge is -2.30. The van der Waals surface area contributed by atoms with Gasteiger partial charge >= 0.3 is 5.97 Å². The number of ether oxygens (including phenoxy) is 2. The lowest BCUT2D eigenvalue weighted by Crippen LogP contribution is -2.46. The molecule has 138 valence electrons. The maximum absolute atomic E-state index is 12.1. The van der Waals surface area contributed by atoms with E-state index in [4.69, 9.17) is 9.47 Å². The van der Waals surface area contributed by atoms with Crippen LogP contribution in [0.2, 0.25) is 0 Å². The van der Waals surface area contributed by atoms with Crippen molar-refractivity contribution in [1.82, 2.24) is 25.1 Å². The Morgan fingerprint density at radius 3 is 2.81 bits per heavy atom. The highest BCUT2D eigenvalue weighted by molar-refractivity contribution is 5.80. The predicted octanol–water partition coefficient (Wildman–Crippen LogP) is 0.439. The average Bonchev–Trinajstić information content (AvgIpc) is 3.08. The van der Waals surface area contributed by atoms with Gasteiger partial charge in [0.25, 0.3) is 5.91 Å². The van der Waals surface area contributed by atoms with Gasteiger partial charge in [-0.1, -0.05) is 29.8 Å². The van der Waals surface area contributed by atoms with Gasteiger partial charge in [0.15, 0.2) is 13.2 Å². The van der Waals surface area contributed by atoms with Crippen molar-refractivity contribution in [2.75, 3.05) is 26.3 Å².